The quantitative estimate of drug-likeness (QED) is 0.824. The first-order chi connectivity index (χ1) is 10.6. The Kier molecular flexibility index (Phi) is 5.61. The fourth-order valence-electron chi connectivity index (χ4n) is 2.06. The number of carbonyl (C=O) groups excluding carboxylic acids is 1. The Morgan fingerprint density at radius 3 is 2.73 bits per heavy atom. The Balaban J connectivity index is 1.90. The molecular formula is C17H21NO4. The van der Waals surface area contributed by atoms with Crippen LogP contribution in [0.5, 0.6) is 5.75 Å². The minimum Gasteiger partial charge on any atom is -0.480 e. The van der Waals surface area contributed by atoms with Crippen LogP contribution in [0, 0.1) is 6.92 Å². The van der Waals surface area contributed by atoms with E-state index >= 15 is 0 Å². The molecule has 0 spiro atoms. The van der Waals surface area contributed by atoms with Gasteiger partial charge in [-0.25, -0.2) is 0 Å². The van der Waals surface area contributed by atoms with E-state index in [2.05, 4.69) is 5.32 Å². The van der Waals surface area contributed by atoms with E-state index in [1.165, 1.54) is 6.26 Å². The van der Waals surface area contributed by atoms with Gasteiger partial charge in [0.2, 0.25) is 0 Å². The van der Waals surface area contributed by atoms with Gasteiger partial charge in [-0.05, 0) is 37.1 Å². The summed E-state index contributed by atoms with van der Waals surface area (Å²) >= 11 is 0. The van der Waals surface area contributed by atoms with Crippen molar-refractivity contribution in [3.05, 3.63) is 54.0 Å². The van der Waals surface area contributed by atoms with Gasteiger partial charge in [-0.15, -0.1) is 0 Å². The number of amides is 1. The number of aliphatic hydroxyl groups excluding tert-OH is 1. The van der Waals surface area contributed by atoms with Crippen LogP contribution in [0.2, 0.25) is 0 Å². The van der Waals surface area contributed by atoms with Crippen molar-refractivity contribution in [1.82, 2.24) is 5.32 Å². The lowest BCUT2D eigenvalue weighted by Crippen LogP contribution is -2.40. The number of aryl methyl sites for hydroxylation is 1. The number of benzene rings is 1. The summed E-state index contributed by atoms with van der Waals surface area (Å²) in [6.45, 7) is 3.89. The van der Waals surface area contributed by atoms with Gasteiger partial charge in [-0.3, -0.25) is 4.79 Å². The molecule has 1 aromatic carbocycles. The number of nitrogens with one attached hydrogen (secondary N) is 1. The lowest BCUT2D eigenvalue weighted by molar-refractivity contribution is -0.128. The molecule has 1 amide bonds. The molecule has 0 aliphatic rings. The number of ether oxygens (including phenoxy) is 1. The molecule has 0 radical (unpaired) electrons. The largest absolute Gasteiger partial charge is 0.480 e. The second-order valence-electron chi connectivity index (χ2n) is 5.06. The minimum atomic E-state index is -0.866. The Morgan fingerprint density at radius 1 is 1.32 bits per heavy atom. The van der Waals surface area contributed by atoms with E-state index in [4.69, 9.17) is 9.15 Å². The van der Waals surface area contributed by atoms with Crippen molar-refractivity contribution >= 4 is 5.91 Å². The summed E-state index contributed by atoms with van der Waals surface area (Å²) in [5.41, 5.74) is 0.976. The number of hydrogen-bond donors (Lipinski definition) is 2. The average Bonchev–Trinajstić information content (AvgIpc) is 3.06. The van der Waals surface area contributed by atoms with Crippen LogP contribution in [0.3, 0.4) is 0 Å². The molecule has 0 bridgehead atoms. The Bertz CT molecular complexity index is 594. The maximum Gasteiger partial charge on any atom is 0.261 e. The van der Waals surface area contributed by atoms with Crippen LogP contribution < -0.4 is 10.1 Å². The van der Waals surface area contributed by atoms with Gasteiger partial charge < -0.3 is 19.6 Å². The molecule has 22 heavy (non-hydrogen) atoms. The maximum absolute atomic E-state index is 12.2. The third-order valence-electron chi connectivity index (χ3n) is 3.37. The number of para-hydroxylation sites is 1. The van der Waals surface area contributed by atoms with Gasteiger partial charge in [-0.1, -0.05) is 25.1 Å². The second kappa shape index (κ2) is 7.66. The van der Waals surface area contributed by atoms with Crippen molar-refractivity contribution in [1.29, 1.82) is 0 Å². The number of aliphatic hydroxyl groups is 1. The zero-order valence-electron chi connectivity index (χ0n) is 12.8. The van der Waals surface area contributed by atoms with E-state index < -0.39 is 12.2 Å². The number of hydrogen-bond acceptors (Lipinski definition) is 4. The van der Waals surface area contributed by atoms with Gasteiger partial charge in [-0.2, -0.15) is 0 Å². The highest BCUT2D eigenvalue weighted by atomic mass is 16.5. The Labute approximate surface area is 129 Å². The number of rotatable bonds is 7. The molecule has 5 nitrogen and oxygen atoms in total. The zero-order valence-corrected chi connectivity index (χ0v) is 12.8. The zero-order chi connectivity index (χ0) is 15.9. The maximum atomic E-state index is 12.2. The number of furan rings is 1. The Hall–Kier alpha value is -2.27. The molecule has 5 heteroatoms. The first kappa shape index (κ1) is 16.1. The van der Waals surface area contributed by atoms with Crippen molar-refractivity contribution in [2.45, 2.75) is 32.5 Å². The summed E-state index contributed by atoms with van der Waals surface area (Å²) in [5.74, 6) is 0.862. The standard InChI is InChI=1S/C17H21NO4/c1-3-14(22-15-8-5-4-7-12(15)2)17(20)18-11-13(19)16-9-6-10-21-16/h4-10,13-14,19H,3,11H2,1-2H3,(H,18,20). The fraction of sp³-hybridized carbons (Fsp3) is 0.353. The topological polar surface area (TPSA) is 71.7 Å². The van der Waals surface area contributed by atoms with E-state index in [-0.39, 0.29) is 12.5 Å². The van der Waals surface area contributed by atoms with E-state index in [0.29, 0.717) is 17.9 Å². The predicted molar refractivity (Wildman–Crippen MR) is 82.6 cm³/mol. The normalized spacial score (nSPS) is 13.4. The molecule has 1 aromatic heterocycles. The third-order valence-corrected chi connectivity index (χ3v) is 3.37. The lowest BCUT2D eigenvalue weighted by Gasteiger charge is -2.19. The second-order valence-corrected chi connectivity index (χ2v) is 5.06. The van der Waals surface area contributed by atoms with Crippen molar-refractivity contribution in [2.75, 3.05) is 6.54 Å². The van der Waals surface area contributed by atoms with Crippen LogP contribution in [-0.2, 0) is 4.79 Å². The van der Waals surface area contributed by atoms with Crippen LogP contribution >= 0.6 is 0 Å². The van der Waals surface area contributed by atoms with Crippen molar-refractivity contribution in [3.8, 4) is 5.75 Å². The molecule has 2 rings (SSSR count). The van der Waals surface area contributed by atoms with Crippen LogP contribution in [0.15, 0.2) is 47.1 Å². The van der Waals surface area contributed by atoms with E-state index in [0.717, 1.165) is 5.56 Å². The van der Waals surface area contributed by atoms with Crippen LogP contribution in [0.4, 0.5) is 0 Å². The molecule has 0 saturated carbocycles. The SMILES string of the molecule is CCC(Oc1ccccc1C)C(=O)NCC(O)c1ccco1. The molecular weight excluding hydrogens is 282 g/mol. The van der Waals surface area contributed by atoms with Gasteiger partial charge in [0.1, 0.15) is 17.6 Å². The smallest absolute Gasteiger partial charge is 0.261 e. The first-order valence-corrected chi connectivity index (χ1v) is 7.33. The van der Waals surface area contributed by atoms with Gasteiger partial charge in [0.15, 0.2) is 6.10 Å². The summed E-state index contributed by atoms with van der Waals surface area (Å²) in [6.07, 6.45) is 0.563. The lowest BCUT2D eigenvalue weighted by atomic mass is 10.2. The molecule has 0 aliphatic heterocycles. The van der Waals surface area contributed by atoms with Gasteiger partial charge >= 0.3 is 0 Å². The highest BCUT2D eigenvalue weighted by molar-refractivity contribution is 5.81. The van der Waals surface area contributed by atoms with Crippen molar-refractivity contribution in [3.63, 3.8) is 0 Å². The summed E-state index contributed by atoms with van der Waals surface area (Å²) in [4.78, 5) is 12.2. The van der Waals surface area contributed by atoms with Crippen molar-refractivity contribution < 1.29 is 19.1 Å². The van der Waals surface area contributed by atoms with E-state index in [1.54, 1.807) is 12.1 Å². The van der Waals surface area contributed by atoms with Crippen molar-refractivity contribution in [2.24, 2.45) is 0 Å². The van der Waals surface area contributed by atoms with Gasteiger partial charge in [0, 0.05) is 0 Å². The molecule has 0 saturated heterocycles. The number of carbonyl (C=O) groups is 1. The predicted octanol–water partition coefficient (Wildman–Crippen LogP) is 2.60. The summed E-state index contributed by atoms with van der Waals surface area (Å²) < 4.78 is 10.9. The van der Waals surface area contributed by atoms with Crippen LogP contribution in [-0.4, -0.2) is 23.7 Å². The average molecular weight is 303 g/mol. The highest BCUT2D eigenvalue weighted by Crippen LogP contribution is 2.19. The molecule has 2 aromatic rings. The first-order valence-electron chi connectivity index (χ1n) is 7.33. The molecule has 2 atom stereocenters. The summed E-state index contributed by atoms with van der Waals surface area (Å²) in [6, 6.07) is 10.9. The van der Waals surface area contributed by atoms with Crippen LogP contribution in [0.1, 0.15) is 30.8 Å². The molecule has 0 aliphatic carbocycles. The molecule has 1 heterocycles. The van der Waals surface area contributed by atoms with E-state index in [1.807, 2.05) is 38.1 Å². The summed E-state index contributed by atoms with van der Waals surface area (Å²) in [5, 5.41) is 12.6. The molecule has 2 unspecified atom stereocenters. The molecule has 118 valence electrons. The third kappa shape index (κ3) is 4.11. The fourth-order valence-corrected chi connectivity index (χ4v) is 2.06. The Morgan fingerprint density at radius 2 is 2.09 bits per heavy atom. The molecule has 2 N–H and O–H groups in total. The van der Waals surface area contributed by atoms with Crippen LogP contribution in [0.25, 0.3) is 0 Å². The molecule has 0 fully saturated rings. The minimum absolute atomic E-state index is 0.0833. The highest BCUT2D eigenvalue weighted by Gasteiger charge is 2.20. The van der Waals surface area contributed by atoms with E-state index in [9.17, 15) is 9.90 Å². The van der Waals surface area contributed by atoms with Gasteiger partial charge in [0.25, 0.3) is 5.91 Å². The monoisotopic (exact) mass is 303 g/mol. The summed E-state index contributed by atoms with van der Waals surface area (Å²) in [7, 11) is 0. The van der Waals surface area contributed by atoms with Gasteiger partial charge in [0.05, 0.1) is 12.8 Å².